The lowest BCUT2D eigenvalue weighted by Gasteiger charge is -1.79. The molecular formula is C4H6F2. The van der Waals surface area contributed by atoms with Crippen molar-refractivity contribution >= 4 is 0 Å². The van der Waals surface area contributed by atoms with Crippen LogP contribution in [0.25, 0.3) is 0 Å². The summed E-state index contributed by atoms with van der Waals surface area (Å²) in [5.74, 6) is 0. The Labute approximate surface area is 35.5 Å². The maximum atomic E-state index is 11.1. The Morgan fingerprint density at radius 1 is 1.83 bits per heavy atom. The van der Waals surface area contributed by atoms with Gasteiger partial charge in [-0.05, 0) is 12.5 Å². The van der Waals surface area contributed by atoms with Gasteiger partial charge in [-0.25, -0.2) is 8.78 Å². The molecule has 0 spiro atoms. The molecule has 0 bridgehead atoms. The Hall–Kier alpha value is -0.400. The van der Waals surface area contributed by atoms with E-state index in [1.165, 1.54) is 6.92 Å². The topological polar surface area (TPSA) is 0 Å². The van der Waals surface area contributed by atoms with Crippen molar-refractivity contribution in [2.24, 2.45) is 0 Å². The molecule has 0 aliphatic rings. The van der Waals surface area contributed by atoms with Crippen molar-refractivity contribution in [3.63, 3.8) is 0 Å². The Balaban J connectivity index is 3.22. The van der Waals surface area contributed by atoms with Gasteiger partial charge in [-0.15, -0.1) is 0 Å². The molecule has 0 amide bonds. The predicted molar refractivity (Wildman–Crippen MR) is 20.8 cm³/mol. The van der Waals surface area contributed by atoms with Crippen molar-refractivity contribution in [2.75, 3.05) is 6.67 Å². The minimum atomic E-state index is -0.684. The van der Waals surface area contributed by atoms with Crippen molar-refractivity contribution < 1.29 is 8.78 Å². The van der Waals surface area contributed by atoms with E-state index in [9.17, 15) is 8.78 Å². The molecule has 0 unspecified atom stereocenters. The van der Waals surface area contributed by atoms with Crippen LogP contribution in [0.3, 0.4) is 0 Å². The van der Waals surface area contributed by atoms with E-state index >= 15 is 0 Å². The van der Waals surface area contributed by atoms with E-state index in [1.54, 1.807) is 0 Å². The molecule has 0 N–H and O–H groups in total. The molecule has 0 aromatic rings. The maximum absolute atomic E-state index is 11.1. The third-order valence-corrected chi connectivity index (χ3v) is 0.397. The van der Waals surface area contributed by atoms with Crippen LogP contribution >= 0.6 is 0 Å². The van der Waals surface area contributed by atoms with Gasteiger partial charge in [-0.1, -0.05) is 0 Å². The standard InChI is InChI=1S/C4H6F2/c1-4(2-5)3-6/h2H,3H2,1H3/b4-2-. The molecule has 0 radical (unpaired) electrons. The SMILES string of the molecule is C/C(=C/F)CF. The molecule has 0 aromatic heterocycles. The summed E-state index contributed by atoms with van der Waals surface area (Å²) in [6.07, 6.45) is 0.264. The van der Waals surface area contributed by atoms with Gasteiger partial charge in [-0.2, -0.15) is 0 Å². The highest BCUT2D eigenvalue weighted by Crippen LogP contribution is 1.90. The zero-order valence-electron chi connectivity index (χ0n) is 3.54. The highest BCUT2D eigenvalue weighted by molar-refractivity contribution is 4.90. The fraction of sp³-hybridized carbons (Fsp3) is 0.500. The largest absolute Gasteiger partial charge is 0.246 e. The van der Waals surface area contributed by atoms with Crippen LogP contribution in [-0.2, 0) is 0 Å². The number of hydrogen-bond acceptors (Lipinski definition) is 0. The highest BCUT2D eigenvalue weighted by atomic mass is 19.1. The molecular weight excluding hydrogens is 86.0 g/mol. The minimum Gasteiger partial charge on any atom is -0.246 e. The number of halogens is 2. The smallest absolute Gasteiger partial charge is 0.113 e. The fourth-order valence-corrected chi connectivity index (χ4v) is 0.0292. The first-order valence-corrected chi connectivity index (χ1v) is 1.63. The molecule has 0 saturated carbocycles. The summed E-state index contributed by atoms with van der Waals surface area (Å²) in [6, 6.07) is 0. The first-order chi connectivity index (χ1) is 2.81. The summed E-state index contributed by atoms with van der Waals surface area (Å²) < 4.78 is 22.1. The van der Waals surface area contributed by atoms with Crippen LogP contribution in [0.2, 0.25) is 0 Å². The first kappa shape index (κ1) is 5.60. The third kappa shape index (κ3) is 1.88. The summed E-state index contributed by atoms with van der Waals surface area (Å²) >= 11 is 0. The van der Waals surface area contributed by atoms with E-state index in [1.807, 2.05) is 0 Å². The summed E-state index contributed by atoms with van der Waals surface area (Å²) in [6.45, 7) is 0.705. The second kappa shape index (κ2) is 2.82. The minimum absolute atomic E-state index is 0.134. The van der Waals surface area contributed by atoms with Crippen LogP contribution in [0, 0.1) is 0 Å². The number of allylic oxidation sites excluding steroid dienone is 1. The quantitative estimate of drug-likeness (QED) is 0.463. The molecule has 2 heteroatoms. The molecule has 0 fully saturated rings. The van der Waals surface area contributed by atoms with Gasteiger partial charge in [0.15, 0.2) is 0 Å². The van der Waals surface area contributed by atoms with Crippen LogP contribution in [0.15, 0.2) is 11.9 Å². The molecule has 0 aromatic carbocycles. The van der Waals surface area contributed by atoms with E-state index < -0.39 is 6.67 Å². The Morgan fingerprint density at radius 3 is 2.33 bits per heavy atom. The van der Waals surface area contributed by atoms with E-state index in [-0.39, 0.29) is 11.9 Å². The van der Waals surface area contributed by atoms with Crippen LogP contribution in [0.4, 0.5) is 8.78 Å². The molecule has 0 rings (SSSR count). The summed E-state index contributed by atoms with van der Waals surface area (Å²) in [4.78, 5) is 0. The highest BCUT2D eigenvalue weighted by Gasteiger charge is 1.79. The zero-order valence-corrected chi connectivity index (χ0v) is 3.54. The van der Waals surface area contributed by atoms with Crippen molar-refractivity contribution in [1.29, 1.82) is 0 Å². The number of rotatable bonds is 1. The second-order valence-corrected chi connectivity index (χ2v) is 1.09. The van der Waals surface area contributed by atoms with Gasteiger partial charge in [0.05, 0.1) is 6.33 Å². The van der Waals surface area contributed by atoms with E-state index in [0.717, 1.165) is 0 Å². The third-order valence-electron chi connectivity index (χ3n) is 0.397. The molecule has 0 aliphatic carbocycles. The van der Waals surface area contributed by atoms with Gasteiger partial charge >= 0.3 is 0 Å². The average Bonchev–Trinajstić information content (AvgIpc) is 1.65. The van der Waals surface area contributed by atoms with Crippen LogP contribution in [-0.4, -0.2) is 6.67 Å². The van der Waals surface area contributed by atoms with Gasteiger partial charge < -0.3 is 0 Å². The molecule has 0 atom stereocenters. The van der Waals surface area contributed by atoms with Crippen molar-refractivity contribution in [2.45, 2.75) is 6.92 Å². The zero-order chi connectivity index (χ0) is 4.99. The van der Waals surface area contributed by atoms with Crippen molar-refractivity contribution in [3.05, 3.63) is 11.9 Å². The monoisotopic (exact) mass is 92.0 g/mol. The van der Waals surface area contributed by atoms with Crippen molar-refractivity contribution in [1.82, 2.24) is 0 Å². The Morgan fingerprint density at radius 2 is 2.33 bits per heavy atom. The van der Waals surface area contributed by atoms with Crippen LogP contribution in [0.1, 0.15) is 6.92 Å². The molecule has 36 valence electrons. The fourth-order valence-electron chi connectivity index (χ4n) is 0.0292. The van der Waals surface area contributed by atoms with Gasteiger partial charge in [0.2, 0.25) is 0 Å². The maximum Gasteiger partial charge on any atom is 0.113 e. The van der Waals surface area contributed by atoms with Gasteiger partial charge in [0, 0.05) is 0 Å². The van der Waals surface area contributed by atoms with Crippen LogP contribution < -0.4 is 0 Å². The van der Waals surface area contributed by atoms with Crippen molar-refractivity contribution in [3.8, 4) is 0 Å². The van der Waals surface area contributed by atoms with E-state index in [0.29, 0.717) is 0 Å². The Bertz CT molecular complexity index is 56.6. The van der Waals surface area contributed by atoms with Crippen LogP contribution in [0.5, 0.6) is 0 Å². The summed E-state index contributed by atoms with van der Waals surface area (Å²) in [5, 5.41) is 0. The second-order valence-electron chi connectivity index (χ2n) is 1.09. The van der Waals surface area contributed by atoms with E-state index in [2.05, 4.69) is 0 Å². The van der Waals surface area contributed by atoms with E-state index in [4.69, 9.17) is 0 Å². The summed E-state index contributed by atoms with van der Waals surface area (Å²) in [5.41, 5.74) is 0.134. The lowest BCUT2D eigenvalue weighted by Crippen LogP contribution is -1.71. The summed E-state index contributed by atoms with van der Waals surface area (Å²) in [7, 11) is 0. The van der Waals surface area contributed by atoms with Gasteiger partial charge in [0.25, 0.3) is 0 Å². The first-order valence-electron chi connectivity index (χ1n) is 1.63. The van der Waals surface area contributed by atoms with Gasteiger partial charge in [0.1, 0.15) is 6.67 Å². The Kier molecular flexibility index (Phi) is 2.63. The molecule has 6 heavy (non-hydrogen) atoms. The molecule has 0 aliphatic heterocycles. The predicted octanol–water partition coefficient (Wildman–Crippen LogP) is 1.83. The number of alkyl halides is 1. The normalized spacial score (nSPS) is 12.2. The lowest BCUT2D eigenvalue weighted by molar-refractivity contribution is 0.533. The molecule has 0 saturated heterocycles. The average molecular weight is 92.1 g/mol. The lowest BCUT2D eigenvalue weighted by atomic mass is 10.4. The molecule has 0 heterocycles. The number of hydrogen-bond donors (Lipinski definition) is 0. The van der Waals surface area contributed by atoms with Gasteiger partial charge in [-0.3, -0.25) is 0 Å². The molecule has 0 nitrogen and oxygen atoms in total.